The van der Waals surface area contributed by atoms with Crippen LogP contribution < -0.4 is 4.90 Å². The molecule has 0 aromatic carbocycles. The molecule has 1 fully saturated rings. The average molecular weight is 273 g/mol. The lowest BCUT2D eigenvalue weighted by molar-refractivity contribution is -0.117. The van der Waals surface area contributed by atoms with Crippen LogP contribution in [0.1, 0.15) is 6.42 Å². The average Bonchev–Trinajstić information content (AvgIpc) is 2.46. The van der Waals surface area contributed by atoms with Gasteiger partial charge in [0.05, 0.1) is 5.69 Å². The Morgan fingerprint density at radius 2 is 2.43 bits per heavy atom. The highest BCUT2D eigenvalue weighted by Crippen LogP contribution is 2.24. The number of carbonyl (C=O) groups is 1. The maximum Gasteiger partial charge on any atom is 0.228 e. The molecule has 1 aliphatic rings. The van der Waals surface area contributed by atoms with Crippen molar-refractivity contribution in [2.24, 2.45) is 0 Å². The Bertz CT molecular complexity index is 417. The Morgan fingerprint density at radius 3 is 3.00 bits per heavy atom. The monoisotopic (exact) mass is 272 g/mol. The fourth-order valence-corrected chi connectivity index (χ4v) is 2.33. The lowest BCUT2D eigenvalue weighted by Crippen LogP contribution is -2.24. The standard InChI is InChI=1S/C9H9BrN2OS/c10-6-4-8(13)12(5-6)7-2-1-3-11-9(7)14/h1-3,6H,4-5H2,(H,11,14). The summed E-state index contributed by atoms with van der Waals surface area (Å²) >= 11 is 8.55. The van der Waals surface area contributed by atoms with Crippen LogP contribution in [0.2, 0.25) is 0 Å². The van der Waals surface area contributed by atoms with Crippen LogP contribution in [0.15, 0.2) is 18.3 Å². The van der Waals surface area contributed by atoms with E-state index in [-0.39, 0.29) is 10.7 Å². The molecule has 0 spiro atoms. The van der Waals surface area contributed by atoms with Crippen molar-refractivity contribution >= 4 is 39.7 Å². The van der Waals surface area contributed by atoms with Gasteiger partial charge in [0.15, 0.2) is 0 Å². The number of carbonyl (C=O) groups excluding carboxylic acids is 1. The lowest BCUT2D eigenvalue weighted by Gasteiger charge is -2.15. The Morgan fingerprint density at radius 1 is 1.64 bits per heavy atom. The third-order valence-electron chi connectivity index (χ3n) is 2.17. The first-order chi connectivity index (χ1) is 6.68. The van der Waals surface area contributed by atoms with Crippen LogP contribution in [0, 0.1) is 4.64 Å². The van der Waals surface area contributed by atoms with E-state index in [4.69, 9.17) is 12.2 Å². The third-order valence-corrected chi connectivity index (χ3v) is 3.11. The van der Waals surface area contributed by atoms with Gasteiger partial charge < -0.3 is 9.88 Å². The van der Waals surface area contributed by atoms with E-state index < -0.39 is 0 Å². The number of nitrogens with zero attached hydrogens (tertiary/aromatic N) is 1. The number of pyridine rings is 1. The number of hydrogen-bond acceptors (Lipinski definition) is 2. The predicted octanol–water partition coefficient (Wildman–Crippen LogP) is 2.24. The fraction of sp³-hybridized carbons (Fsp3) is 0.333. The molecule has 1 aromatic rings. The molecule has 0 saturated carbocycles. The minimum absolute atomic E-state index is 0.123. The molecule has 1 amide bonds. The molecule has 1 atom stereocenters. The highest BCUT2D eigenvalue weighted by atomic mass is 79.9. The van der Waals surface area contributed by atoms with E-state index in [1.807, 2.05) is 12.1 Å². The number of alkyl halides is 1. The second-order valence-corrected chi connectivity index (χ2v) is 4.89. The van der Waals surface area contributed by atoms with Gasteiger partial charge in [-0.25, -0.2) is 0 Å². The molecule has 2 rings (SSSR count). The molecule has 0 radical (unpaired) electrons. The first kappa shape index (κ1) is 9.86. The van der Waals surface area contributed by atoms with Crippen molar-refractivity contribution in [1.29, 1.82) is 0 Å². The highest BCUT2D eigenvalue weighted by molar-refractivity contribution is 9.09. The van der Waals surface area contributed by atoms with Crippen molar-refractivity contribution in [3.63, 3.8) is 0 Å². The predicted molar refractivity (Wildman–Crippen MR) is 61.3 cm³/mol. The SMILES string of the molecule is O=C1CC(Br)CN1c1ccc[nH]c1=S. The number of nitrogens with one attached hydrogen (secondary N) is 1. The van der Waals surface area contributed by atoms with E-state index in [1.54, 1.807) is 11.1 Å². The highest BCUT2D eigenvalue weighted by Gasteiger charge is 2.29. The number of rotatable bonds is 1. The number of aromatic amines is 1. The molecule has 0 aliphatic carbocycles. The molecule has 1 N–H and O–H groups in total. The zero-order chi connectivity index (χ0) is 10.1. The molecule has 14 heavy (non-hydrogen) atoms. The minimum Gasteiger partial charge on any atom is -0.351 e. The van der Waals surface area contributed by atoms with Crippen molar-refractivity contribution in [1.82, 2.24) is 4.98 Å². The second-order valence-electron chi connectivity index (χ2n) is 3.19. The molecule has 74 valence electrons. The summed E-state index contributed by atoms with van der Waals surface area (Å²) in [5.41, 5.74) is 0.800. The smallest absolute Gasteiger partial charge is 0.228 e. The van der Waals surface area contributed by atoms with Crippen molar-refractivity contribution < 1.29 is 4.79 Å². The van der Waals surface area contributed by atoms with Crippen LogP contribution in [0.25, 0.3) is 0 Å². The summed E-state index contributed by atoms with van der Waals surface area (Å²) in [4.78, 5) is 16.5. The van der Waals surface area contributed by atoms with E-state index in [0.29, 0.717) is 17.6 Å². The molecule has 1 saturated heterocycles. The minimum atomic E-state index is 0.123. The summed E-state index contributed by atoms with van der Waals surface area (Å²) in [6.07, 6.45) is 2.31. The molecule has 3 nitrogen and oxygen atoms in total. The van der Waals surface area contributed by atoms with Gasteiger partial charge in [0.2, 0.25) is 5.91 Å². The molecule has 1 aliphatic heterocycles. The third kappa shape index (κ3) is 1.74. The molecule has 1 unspecified atom stereocenters. The van der Waals surface area contributed by atoms with E-state index in [1.165, 1.54) is 0 Å². The van der Waals surface area contributed by atoms with Gasteiger partial charge in [0.25, 0.3) is 0 Å². The summed E-state index contributed by atoms with van der Waals surface area (Å²) in [6, 6.07) is 3.71. The van der Waals surface area contributed by atoms with Gasteiger partial charge in [0.1, 0.15) is 4.64 Å². The van der Waals surface area contributed by atoms with Crippen molar-refractivity contribution in [3.05, 3.63) is 23.0 Å². The van der Waals surface area contributed by atoms with Gasteiger partial charge in [-0.3, -0.25) is 4.79 Å². The first-order valence-electron chi connectivity index (χ1n) is 4.30. The van der Waals surface area contributed by atoms with E-state index >= 15 is 0 Å². The zero-order valence-electron chi connectivity index (χ0n) is 7.37. The molecule has 2 heterocycles. The number of H-pyrrole nitrogens is 1. The quantitative estimate of drug-likeness (QED) is 0.629. The van der Waals surface area contributed by atoms with Crippen LogP contribution in [-0.4, -0.2) is 22.3 Å². The Hall–Kier alpha value is -0.680. The van der Waals surface area contributed by atoms with Crippen LogP contribution in [0.3, 0.4) is 0 Å². The summed E-state index contributed by atoms with van der Waals surface area (Å²) in [7, 11) is 0. The molecular formula is C9H9BrN2OS. The fourth-order valence-electron chi connectivity index (χ4n) is 1.52. The Labute approximate surface area is 95.3 Å². The van der Waals surface area contributed by atoms with E-state index in [2.05, 4.69) is 20.9 Å². The molecular weight excluding hydrogens is 264 g/mol. The zero-order valence-corrected chi connectivity index (χ0v) is 9.77. The van der Waals surface area contributed by atoms with Crippen LogP contribution in [-0.2, 0) is 4.79 Å². The summed E-state index contributed by atoms with van der Waals surface area (Å²) in [5.74, 6) is 0.123. The van der Waals surface area contributed by atoms with Crippen molar-refractivity contribution in [2.45, 2.75) is 11.2 Å². The van der Waals surface area contributed by atoms with Crippen molar-refractivity contribution in [2.75, 3.05) is 11.4 Å². The van der Waals surface area contributed by atoms with Crippen LogP contribution >= 0.6 is 28.1 Å². The molecule has 1 aromatic heterocycles. The Kier molecular flexibility index (Phi) is 2.69. The van der Waals surface area contributed by atoms with Gasteiger partial charge in [-0.1, -0.05) is 28.1 Å². The lowest BCUT2D eigenvalue weighted by atomic mass is 10.4. The van der Waals surface area contributed by atoms with Gasteiger partial charge in [-0.2, -0.15) is 0 Å². The normalized spacial score (nSPS) is 21.6. The van der Waals surface area contributed by atoms with E-state index in [0.717, 1.165) is 5.69 Å². The summed E-state index contributed by atoms with van der Waals surface area (Å²) < 4.78 is 0.613. The van der Waals surface area contributed by atoms with Gasteiger partial charge in [-0.05, 0) is 12.1 Å². The van der Waals surface area contributed by atoms with Gasteiger partial charge in [0, 0.05) is 24.0 Å². The maximum absolute atomic E-state index is 11.6. The van der Waals surface area contributed by atoms with Gasteiger partial charge in [-0.15, -0.1) is 0 Å². The summed E-state index contributed by atoms with van der Waals surface area (Å²) in [6.45, 7) is 0.695. The topological polar surface area (TPSA) is 36.1 Å². The van der Waals surface area contributed by atoms with Crippen LogP contribution in [0.4, 0.5) is 5.69 Å². The molecule has 5 heteroatoms. The number of hydrogen-bond donors (Lipinski definition) is 1. The van der Waals surface area contributed by atoms with Gasteiger partial charge >= 0.3 is 0 Å². The second kappa shape index (κ2) is 3.82. The number of anilines is 1. The molecule has 0 bridgehead atoms. The summed E-state index contributed by atoms with van der Waals surface area (Å²) in [5, 5.41) is 0. The van der Waals surface area contributed by atoms with Crippen molar-refractivity contribution in [3.8, 4) is 0 Å². The van der Waals surface area contributed by atoms with E-state index in [9.17, 15) is 4.79 Å². The van der Waals surface area contributed by atoms with Crippen LogP contribution in [0.5, 0.6) is 0 Å². The largest absolute Gasteiger partial charge is 0.351 e. The maximum atomic E-state index is 11.6. The number of aromatic nitrogens is 1. The Balaban J connectivity index is 2.37. The number of amides is 1. The number of halogens is 1. The first-order valence-corrected chi connectivity index (χ1v) is 5.63.